The van der Waals surface area contributed by atoms with Crippen LogP contribution in [-0.4, -0.2) is 76.6 Å². The SMILES string of the molecule is CCN(CC)C(=O)N1CCC(N2CCCC2C(=O)O)CC1. The van der Waals surface area contributed by atoms with Gasteiger partial charge in [-0.3, -0.25) is 9.69 Å². The van der Waals surface area contributed by atoms with E-state index in [-0.39, 0.29) is 12.1 Å². The molecule has 2 amide bonds. The Morgan fingerprint density at radius 1 is 1.10 bits per heavy atom. The van der Waals surface area contributed by atoms with Gasteiger partial charge in [0.2, 0.25) is 0 Å². The number of rotatable bonds is 4. The van der Waals surface area contributed by atoms with Gasteiger partial charge >= 0.3 is 12.0 Å². The standard InChI is InChI=1S/C15H27N3O3/c1-3-16(4-2)15(21)17-10-7-12(8-11-17)18-9-5-6-13(18)14(19)20/h12-13H,3-11H2,1-2H3,(H,19,20). The smallest absolute Gasteiger partial charge is 0.320 e. The van der Waals surface area contributed by atoms with Crippen molar-refractivity contribution in [2.75, 3.05) is 32.7 Å². The fraction of sp³-hybridized carbons (Fsp3) is 0.867. The fourth-order valence-corrected chi connectivity index (χ4v) is 3.57. The molecule has 0 spiro atoms. The van der Waals surface area contributed by atoms with Crippen LogP contribution >= 0.6 is 0 Å². The van der Waals surface area contributed by atoms with Gasteiger partial charge in [0, 0.05) is 32.2 Å². The van der Waals surface area contributed by atoms with Gasteiger partial charge < -0.3 is 14.9 Å². The van der Waals surface area contributed by atoms with Crippen LogP contribution < -0.4 is 0 Å². The van der Waals surface area contributed by atoms with Gasteiger partial charge in [0.1, 0.15) is 6.04 Å². The maximum absolute atomic E-state index is 12.3. The summed E-state index contributed by atoms with van der Waals surface area (Å²) in [7, 11) is 0. The lowest BCUT2D eigenvalue weighted by Gasteiger charge is -2.39. The number of aliphatic carboxylic acids is 1. The molecule has 1 atom stereocenters. The van der Waals surface area contributed by atoms with Crippen LogP contribution in [0.1, 0.15) is 39.5 Å². The molecule has 2 aliphatic heterocycles. The van der Waals surface area contributed by atoms with Crippen LogP contribution in [0, 0.1) is 0 Å². The van der Waals surface area contributed by atoms with Crippen molar-refractivity contribution in [2.45, 2.75) is 51.6 Å². The van der Waals surface area contributed by atoms with Crippen molar-refractivity contribution in [1.82, 2.24) is 14.7 Å². The number of urea groups is 1. The summed E-state index contributed by atoms with van der Waals surface area (Å²) in [6, 6.07) is 0.115. The zero-order chi connectivity index (χ0) is 15.4. The van der Waals surface area contributed by atoms with Crippen molar-refractivity contribution in [1.29, 1.82) is 0 Å². The minimum Gasteiger partial charge on any atom is -0.480 e. The maximum Gasteiger partial charge on any atom is 0.320 e. The summed E-state index contributed by atoms with van der Waals surface area (Å²) in [6.07, 6.45) is 3.50. The Labute approximate surface area is 126 Å². The molecule has 0 bridgehead atoms. The van der Waals surface area contributed by atoms with Crippen LogP contribution in [-0.2, 0) is 4.79 Å². The lowest BCUT2D eigenvalue weighted by molar-refractivity contribution is -0.143. The fourth-order valence-electron chi connectivity index (χ4n) is 3.57. The summed E-state index contributed by atoms with van der Waals surface area (Å²) in [5.41, 5.74) is 0. The van der Waals surface area contributed by atoms with E-state index in [1.54, 1.807) is 0 Å². The number of nitrogens with zero attached hydrogens (tertiary/aromatic N) is 3. The highest BCUT2D eigenvalue weighted by atomic mass is 16.4. The molecule has 2 rings (SSSR count). The predicted octanol–water partition coefficient (Wildman–Crippen LogP) is 1.46. The first kappa shape index (κ1) is 16.1. The molecule has 21 heavy (non-hydrogen) atoms. The topological polar surface area (TPSA) is 64.1 Å². The summed E-state index contributed by atoms with van der Waals surface area (Å²) in [5, 5.41) is 9.28. The average Bonchev–Trinajstić information content (AvgIpc) is 2.98. The van der Waals surface area contributed by atoms with E-state index in [9.17, 15) is 14.7 Å². The highest BCUT2D eigenvalue weighted by Gasteiger charge is 2.37. The van der Waals surface area contributed by atoms with E-state index in [0.717, 1.165) is 58.4 Å². The zero-order valence-electron chi connectivity index (χ0n) is 13.1. The molecule has 1 N–H and O–H groups in total. The van der Waals surface area contributed by atoms with Crippen molar-refractivity contribution >= 4 is 12.0 Å². The molecule has 0 radical (unpaired) electrons. The van der Waals surface area contributed by atoms with Gasteiger partial charge in [-0.05, 0) is 46.1 Å². The van der Waals surface area contributed by atoms with Gasteiger partial charge in [0.15, 0.2) is 0 Å². The van der Waals surface area contributed by atoms with Crippen LogP contribution in [0.5, 0.6) is 0 Å². The Bertz CT molecular complexity index is 376. The van der Waals surface area contributed by atoms with Gasteiger partial charge in [0.05, 0.1) is 0 Å². The molecular formula is C15H27N3O3. The van der Waals surface area contributed by atoms with Gasteiger partial charge in [-0.2, -0.15) is 0 Å². The molecule has 2 heterocycles. The van der Waals surface area contributed by atoms with E-state index in [2.05, 4.69) is 4.90 Å². The molecular weight excluding hydrogens is 270 g/mol. The van der Waals surface area contributed by atoms with Crippen molar-refractivity contribution in [3.05, 3.63) is 0 Å². The Hall–Kier alpha value is -1.30. The normalized spacial score (nSPS) is 24.3. The van der Waals surface area contributed by atoms with Gasteiger partial charge in [-0.15, -0.1) is 0 Å². The van der Waals surface area contributed by atoms with Crippen molar-refractivity contribution < 1.29 is 14.7 Å². The van der Waals surface area contributed by atoms with E-state index in [1.807, 2.05) is 23.6 Å². The number of hydrogen-bond acceptors (Lipinski definition) is 3. The first-order valence-electron chi connectivity index (χ1n) is 8.10. The molecule has 120 valence electrons. The molecule has 2 fully saturated rings. The number of amides is 2. The average molecular weight is 297 g/mol. The zero-order valence-corrected chi connectivity index (χ0v) is 13.1. The lowest BCUT2D eigenvalue weighted by Crippen LogP contribution is -2.52. The van der Waals surface area contributed by atoms with E-state index in [1.165, 1.54) is 0 Å². The summed E-state index contributed by atoms with van der Waals surface area (Å²) in [4.78, 5) is 29.5. The van der Waals surface area contributed by atoms with E-state index in [4.69, 9.17) is 0 Å². The summed E-state index contributed by atoms with van der Waals surface area (Å²) in [5.74, 6) is -0.700. The molecule has 0 aromatic carbocycles. The molecule has 6 nitrogen and oxygen atoms in total. The minimum absolute atomic E-state index is 0.120. The first-order valence-corrected chi connectivity index (χ1v) is 8.10. The monoisotopic (exact) mass is 297 g/mol. The third kappa shape index (κ3) is 3.48. The number of hydrogen-bond donors (Lipinski definition) is 1. The minimum atomic E-state index is -0.700. The van der Waals surface area contributed by atoms with Gasteiger partial charge in [-0.25, -0.2) is 4.79 Å². The molecule has 2 saturated heterocycles. The summed E-state index contributed by atoms with van der Waals surface area (Å²) in [6.45, 7) is 7.83. The number of carboxylic acids is 1. The second-order valence-electron chi connectivity index (χ2n) is 5.91. The summed E-state index contributed by atoms with van der Waals surface area (Å²) >= 11 is 0. The van der Waals surface area contributed by atoms with Crippen LogP contribution in [0.3, 0.4) is 0 Å². The third-order valence-electron chi connectivity index (χ3n) is 4.82. The Morgan fingerprint density at radius 3 is 2.24 bits per heavy atom. The highest BCUT2D eigenvalue weighted by Crippen LogP contribution is 2.26. The van der Waals surface area contributed by atoms with E-state index >= 15 is 0 Å². The van der Waals surface area contributed by atoms with Crippen LogP contribution in [0.4, 0.5) is 4.79 Å². The maximum atomic E-state index is 12.3. The van der Waals surface area contributed by atoms with Crippen molar-refractivity contribution in [3.8, 4) is 0 Å². The molecule has 0 saturated carbocycles. The van der Waals surface area contributed by atoms with Crippen LogP contribution in [0.2, 0.25) is 0 Å². The second kappa shape index (κ2) is 7.11. The predicted molar refractivity (Wildman–Crippen MR) is 80.3 cm³/mol. The number of piperidine rings is 1. The Kier molecular flexibility index (Phi) is 5.45. The number of carboxylic acid groups (broad SMARTS) is 1. The quantitative estimate of drug-likeness (QED) is 0.853. The Balaban J connectivity index is 1.88. The summed E-state index contributed by atoms with van der Waals surface area (Å²) < 4.78 is 0. The van der Waals surface area contributed by atoms with E-state index in [0.29, 0.717) is 6.04 Å². The van der Waals surface area contributed by atoms with Gasteiger partial charge in [0.25, 0.3) is 0 Å². The number of carbonyl (C=O) groups excluding carboxylic acids is 1. The first-order chi connectivity index (χ1) is 10.1. The molecule has 2 aliphatic rings. The lowest BCUT2D eigenvalue weighted by atomic mass is 10.0. The third-order valence-corrected chi connectivity index (χ3v) is 4.82. The molecule has 6 heteroatoms. The van der Waals surface area contributed by atoms with Crippen molar-refractivity contribution in [2.24, 2.45) is 0 Å². The molecule has 0 aromatic heterocycles. The molecule has 0 aliphatic carbocycles. The largest absolute Gasteiger partial charge is 0.480 e. The van der Waals surface area contributed by atoms with Crippen LogP contribution in [0.25, 0.3) is 0 Å². The molecule has 0 aromatic rings. The number of carbonyl (C=O) groups is 2. The molecule has 1 unspecified atom stereocenters. The number of likely N-dealkylation sites (tertiary alicyclic amines) is 2. The van der Waals surface area contributed by atoms with Crippen LogP contribution in [0.15, 0.2) is 0 Å². The van der Waals surface area contributed by atoms with Gasteiger partial charge in [-0.1, -0.05) is 0 Å². The van der Waals surface area contributed by atoms with E-state index < -0.39 is 5.97 Å². The Morgan fingerprint density at radius 2 is 1.71 bits per heavy atom. The second-order valence-corrected chi connectivity index (χ2v) is 5.91. The highest BCUT2D eigenvalue weighted by molar-refractivity contribution is 5.75. The van der Waals surface area contributed by atoms with Crippen molar-refractivity contribution in [3.63, 3.8) is 0 Å².